The van der Waals surface area contributed by atoms with Crippen LogP contribution in [0, 0.1) is 0 Å². The van der Waals surface area contributed by atoms with Gasteiger partial charge in [-0.25, -0.2) is 0 Å². The van der Waals surface area contributed by atoms with Gasteiger partial charge in [-0.1, -0.05) is 44.0 Å². The van der Waals surface area contributed by atoms with Crippen LogP contribution in [0.25, 0.3) is 0 Å². The van der Waals surface area contributed by atoms with Gasteiger partial charge in [0.15, 0.2) is 0 Å². The standard InChI is InChI=1S/C16H16Br2N2O/c1-11(12-2-4-13(17)5-3-12)19-10-16(21)20-15-8-6-14(18)7-9-15/h2-9,11,19H,10H2,1H3,(H,20,21)/t11-/m0/s1. The summed E-state index contributed by atoms with van der Waals surface area (Å²) in [4.78, 5) is 11.9. The smallest absolute Gasteiger partial charge is 0.238 e. The summed E-state index contributed by atoms with van der Waals surface area (Å²) >= 11 is 6.78. The van der Waals surface area contributed by atoms with Gasteiger partial charge in [-0.05, 0) is 48.9 Å². The second-order valence-corrected chi connectivity index (χ2v) is 6.54. The lowest BCUT2D eigenvalue weighted by Crippen LogP contribution is -2.30. The minimum Gasteiger partial charge on any atom is -0.325 e. The molecule has 0 aromatic heterocycles. The number of carbonyl (C=O) groups is 1. The third kappa shape index (κ3) is 5.26. The van der Waals surface area contributed by atoms with Gasteiger partial charge in [-0.15, -0.1) is 0 Å². The molecule has 2 N–H and O–H groups in total. The first-order chi connectivity index (χ1) is 10.0. The van der Waals surface area contributed by atoms with Crippen molar-refractivity contribution in [2.75, 3.05) is 11.9 Å². The zero-order chi connectivity index (χ0) is 15.2. The lowest BCUT2D eigenvalue weighted by Gasteiger charge is -2.14. The first-order valence-corrected chi connectivity index (χ1v) is 8.17. The average Bonchev–Trinajstić information content (AvgIpc) is 2.48. The van der Waals surface area contributed by atoms with Gasteiger partial charge in [0.1, 0.15) is 0 Å². The molecule has 0 aliphatic carbocycles. The van der Waals surface area contributed by atoms with E-state index in [-0.39, 0.29) is 18.5 Å². The summed E-state index contributed by atoms with van der Waals surface area (Å²) in [6, 6.07) is 15.7. The molecule has 3 nitrogen and oxygen atoms in total. The number of carbonyl (C=O) groups excluding carboxylic acids is 1. The third-order valence-electron chi connectivity index (χ3n) is 3.07. The van der Waals surface area contributed by atoms with Gasteiger partial charge in [0, 0.05) is 20.7 Å². The van der Waals surface area contributed by atoms with Crippen LogP contribution in [0.2, 0.25) is 0 Å². The summed E-state index contributed by atoms with van der Waals surface area (Å²) in [5, 5.41) is 6.07. The fourth-order valence-electron chi connectivity index (χ4n) is 1.85. The molecular formula is C16H16Br2N2O. The Hall–Kier alpha value is -1.17. The Kier molecular flexibility index (Phi) is 5.96. The maximum absolute atomic E-state index is 11.9. The molecule has 0 aliphatic rings. The zero-order valence-corrected chi connectivity index (χ0v) is 14.7. The molecule has 0 radical (unpaired) electrons. The minimum absolute atomic E-state index is 0.0544. The average molecular weight is 412 g/mol. The lowest BCUT2D eigenvalue weighted by atomic mass is 10.1. The van der Waals surface area contributed by atoms with Crippen molar-refractivity contribution in [3.63, 3.8) is 0 Å². The van der Waals surface area contributed by atoms with E-state index in [1.165, 1.54) is 0 Å². The molecule has 21 heavy (non-hydrogen) atoms. The number of halogens is 2. The summed E-state index contributed by atoms with van der Waals surface area (Å²) in [5.41, 5.74) is 1.94. The van der Waals surface area contributed by atoms with Crippen LogP contribution < -0.4 is 10.6 Å². The van der Waals surface area contributed by atoms with Crippen LogP contribution in [0.5, 0.6) is 0 Å². The highest BCUT2D eigenvalue weighted by molar-refractivity contribution is 9.10. The van der Waals surface area contributed by atoms with Crippen molar-refractivity contribution in [2.45, 2.75) is 13.0 Å². The maximum Gasteiger partial charge on any atom is 0.238 e. The number of hydrogen-bond donors (Lipinski definition) is 2. The van der Waals surface area contributed by atoms with Crippen molar-refractivity contribution >= 4 is 43.5 Å². The molecule has 0 aliphatic heterocycles. The number of hydrogen-bond acceptors (Lipinski definition) is 2. The second kappa shape index (κ2) is 7.73. The number of rotatable bonds is 5. The van der Waals surface area contributed by atoms with E-state index in [1.54, 1.807) is 0 Å². The Morgan fingerprint density at radius 3 is 2.10 bits per heavy atom. The predicted octanol–water partition coefficient (Wildman–Crippen LogP) is 4.50. The summed E-state index contributed by atoms with van der Waals surface area (Å²) in [7, 11) is 0. The van der Waals surface area contributed by atoms with Crippen molar-refractivity contribution in [3.8, 4) is 0 Å². The fraction of sp³-hybridized carbons (Fsp3) is 0.188. The Morgan fingerprint density at radius 2 is 1.52 bits per heavy atom. The molecule has 0 heterocycles. The van der Waals surface area contributed by atoms with Crippen LogP contribution >= 0.6 is 31.9 Å². The molecule has 5 heteroatoms. The summed E-state index contributed by atoms with van der Waals surface area (Å²) < 4.78 is 2.04. The third-order valence-corrected chi connectivity index (χ3v) is 4.12. The van der Waals surface area contributed by atoms with Crippen molar-refractivity contribution < 1.29 is 4.79 Å². The highest BCUT2D eigenvalue weighted by Crippen LogP contribution is 2.16. The van der Waals surface area contributed by atoms with Gasteiger partial charge in [0.25, 0.3) is 0 Å². The molecule has 0 unspecified atom stereocenters. The van der Waals surface area contributed by atoms with Gasteiger partial charge in [0.05, 0.1) is 6.54 Å². The van der Waals surface area contributed by atoms with E-state index < -0.39 is 0 Å². The number of nitrogens with one attached hydrogen (secondary N) is 2. The Bertz CT molecular complexity index is 597. The Balaban J connectivity index is 1.83. The largest absolute Gasteiger partial charge is 0.325 e. The van der Waals surface area contributed by atoms with E-state index in [0.717, 1.165) is 20.2 Å². The molecular weight excluding hydrogens is 396 g/mol. The molecule has 2 rings (SSSR count). The van der Waals surface area contributed by atoms with Crippen LogP contribution in [-0.2, 0) is 4.79 Å². The SMILES string of the molecule is C[C@H](NCC(=O)Nc1ccc(Br)cc1)c1ccc(Br)cc1. The number of anilines is 1. The molecule has 110 valence electrons. The molecule has 2 aromatic carbocycles. The maximum atomic E-state index is 11.9. The van der Waals surface area contributed by atoms with Crippen LogP contribution in [-0.4, -0.2) is 12.5 Å². The molecule has 2 aromatic rings. The molecule has 0 bridgehead atoms. The van der Waals surface area contributed by atoms with E-state index in [0.29, 0.717) is 0 Å². The van der Waals surface area contributed by atoms with Crippen LogP contribution in [0.3, 0.4) is 0 Å². The van der Waals surface area contributed by atoms with E-state index >= 15 is 0 Å². The quantitative estimate of drug-likeness (QED) is 0.760. The monoisotopic (exact) mass is 410 g/mol. The first-order valence-electron chi connectivity index (χ1n) is 6.59. The lowest BCUT2D eigenvalue weighted by molar-refractivity contribution is -0.115. The zero-order valence-electron chi connectivity index (χ0n) is 11.6. The van der Waals surface area contributed by atoms with E-state index in [1.807, 2.05) is 55.5 Å². The van der Waals surface area contributed by atoms with Gasteiger partial charge in [-0.3, -0.25) is 4.79 Å². The highest BCUT2D eigenvalue weighted by Gasteiger charge is 2.08. The topological polar surface area (TPSA) is 41.1 Å². The molecule has 1 amide bonds. The van der Waals surface area contributed by atoms with Crippen molar-refractivity contribution in [2.24, 2.45) is 0 Å². The van der Waals surface area contributed by atoms with Gasteiger partial charge in [-0.2, -0.15) is 0 Å². The van der Waals surface area contributed by atoms with Crippen molar-refractivity contribution in [1.82, 2.24) is 5.32 Å². The second-order valence-electron chi connectivity index (χ2n) is 4.71. The Morgan fingerprint density at radius 1 is 1.00 bits per heavy atom. The molecule has 0 saturated heterocycles. The van der Waals surface area contributed by atoms with Crippen LogP contribution in [0.4, 0.5) is 5.69 Å². The predicted molar refractivity (Wildman–Crippen MR) is 93.3 cm³/mol. The van der Waals surface area contributed by atoms with E-state index in [9.17, 15) is 4.79 Å². The molecule has 0 saturated carbocycles. The van der Waals surface area contributed by atoms with Crippen LogP contribution in [0.15, 0.2) is 57.5 Å². The summed E-state index contributed by atoms with van der Waals surface area (Å²) in [6.45, 7) is 2.31. The highest BCUT2D eigenvalue weighted by atomic mass is 79.9. The van der Waals surface area contributed by atoms with Crippen molar-refractivity contribution in [1.29, 1.82) is 0 Å². The molecule has 0 fully saturated rings. The van der Waals surface area contributed by atoms with Gasteiger partial charge < -0.3 is 10.6 Å². The normalized spacial score (nSPS) is 12.0. The minimum atomic E-state index is -0.0544. The Labute approximate surface area is 141 Å². The van der Waals surface area contributed by atoms with Crippen LogP contribution in [0.1, 0.15) is 18.5 Å². The van der Waals surface area contributed by atoms with Gasteiger partial charge in [0.2, 0.25) is 5.91 Å². The van der Waals surface area contributed by atoms with Crippen molar-refractivity contribution in [3.05, 3.63) is 63.0 Å². The number of benzene rings is 2. The molecule has 1 atom stereocenters. The fourth-order valence-corrected chi connectivity index (χ4v) is 2.38. The summed E-state index contributed by atoms with van der Waals surface area (Å²) in [5.74, 6) is -0.0544. The first kappa shape index (κ1) is 16.2. The summed E-state index contributed by atoms with van der Waals surface area (Å²) in [6.07, 6.45) is 0. The number of amides is 1. The van der Waals surface area contributed by atoms with E-state index in [4.69, 9.17) is 0 Å². The van der Waals surface area contributed by atoms with Gasteiger partial charge >= 0.3 is 0 Å². The van der Waals surface area contributed by atoms with E-state index in [2.05, 4.69) is 42.5 Å². The molecule has 0 spiro atoms.